The predicted octanol–water partition coefficient (Wildman–Crippen LogP) is 2.46. The van der Waals surface area contributed by atoms with Gasteiger partial charge in [-0.05, 0) is 30.3 Å². The van der Waals surface area contributed by atoms with Gasteiger partial charge in [0.1, 0.15) is 11.8 Å². The van der Waals surface area contributed by atoms with Crippen LogP contribution in [0.15, 0.2) is 48.8 Å². The molecule has 3 heterocycles. The largest absolute Gasteiger partial charge is 0.497 e. The Morgan fingerprint density at radius 2 is 1.91 bits per heavy atom. The zero-order chi connectivity index (χ0) is 23.4. The highest BCUT2D eigenvalue weighted by molar-refractivity contribution is 5.90. The minimum atomic E-state index is -0.923. The molecule has 0 radical (unpaired) electrons. The van der Waals surface area contributed by atoms with Crippen LogP contribution in [0.3, 0.4) is 0 Å². The first-order chi connectivity index (χ1) is 16.0. The number of fused-ring (bicyclic) bond motifs is 1. The van der Waals surface area contributed by atoms with Crippen molar-refractivity contribution in [3.8, 4) is 5.75 Å². The maximum Gasteiger partial charge on any atom is 0.325 e. The normalized spacial score (nSPS) is 16.0. The smallest absolute Gasteiger partial charge is 0.325 e. The van der Waals surface area contributed by atoms with Crippen molar-refractivity contribution in [1.82, 2.24) is 19.4 Å². The summed E-state index contributed by atoms with van der Waals surface area (Å²) in [5.41, 5.74) is 2.45. The van der Waals surface area contributed by atoms with E-state index in [0.29, 0.717) is 24.4 Å². The number of carboxylic acids is 2. The fourth-order valence-corrected chi connectivity index (χ4v) is 4.44. The third kappa shape index (κ3) is 5.15. The van der Waals surface area contributed by atoms with Crippen LogP contribution in [0, 0.1) is 0 Å². The number of carbonyl (C=O) groups is 2. The van der Waals surface area contributed by atoms with E-state index in [-0.39, 0.29) is 13.0 Å². The van der Waals surface area contributed by atoms with Crippen LogP contribution < -0.4 is 4.74 Å². The van der Waals surface area contributed by atoms with Crippen LogP contribution in [-0.4, -0.2) is 74.8 Å². The molecule has 9 nitrogen and oxygen atoms in total. The highest BCUT2D eigenvalue weighted by atomic mass is 16.5. The maximum absolute atomic E-state index is 12.4. The number of aliphatic carboxylic acids is 2. The van der Waals surface area contributed by atoms with Crippen LogP contribution in [0.5, 0.6) is 5.75 Å². The van der Waals surface area contributed by atoms with E-state index in [1.807, 2.05) is 39.8 Å². The molecule has 0 unspecified atom stereocenters. The van der Waals surface area contributed by atoms with E-state index < -0.39 is 18.0 Å². The fourth-order valence-electron chi connectivity index (χ4n) is 4.44. The lowest BCUT2D eigenvalue weighted by Gasteiger charge is -2.37. The number of rotatable bonds is 9. The van der Waals surface area contributed by atoms with Gasteiger partial charge in [0.2, 0.25) is 0 Å². The number of aromatic nitrogens is 2. The van der Waals surface area contributed by atoms with Gasteiger partial charge in [0.15, 0.2) is 0 Å². The molecule has 0 bridgehead atoms. The molecule has 1 saturated heterocycles. The Hall–Kier alpha value is -3.43. The summed E-state index contributed by atoms with van der Waals surface area (Å²) in [6, 6.07) is 10.5. The Labute approximate surface area is 191 Å². The van der Waals surface area contributed by atoms with Gasteiger partial charge in [0.25, 0.3) is 0 Å². The van der Waals surface area contributed by atoms with Crippen molar-refractivity contribution < 1.29 is 24.5 Å². The average molecular weight is 453 g/mol. The maximum atomic E-state index is 12.4. The molecule has 174 valence electrons. The Morgan fingerprint density at radius 3 is 2.55 bits per heavy atom. The number of benzene rings is 1. The Bertz CT molecular complexity index is 1120. The van der Waals surface area contributed by atoms with Crippen molar-refractivity contribution in [3.63, 3.8) is 0 Å². The third-order valence-corrected chi connectivity index (χ3v) is 6.10. The summed E-state index contributed by atoms with van der Waals surface area (Å²) >= 11 is 0. The number of hydrogen-bond donors (Lipinski definition) is 2. The number of pyridine rings is 1. The predicted molar refractivity (Wildman–Crippen MR) is 122 cm³/mol. The molecule has 9 heteroatoms. The molecule has 4 rings (SSSR count). The molecule has 0 spiro atoms. The number of nitrogens with zero attached hydrogens (tertiary/aromatic N) is 4. The van der Waals surface area contributed by atoms with Crippen LogP contribution in [0.4, 0.5) is 0 Å². The molecular weight excluding hydrogens is 424 g/mol. The van der Waals surface area contributed by atoms with Crippen molar-refractivity contribution in [3.05, 3.63) is 60.0 Å². The summed E-state index contributed by atoms with van der Waals surface area (Å²) in [6.07, 6.45) is 3.52. The van der Waals surface area contributed by atoms with E-state index in [2.05, 4.69) is 9.88 Å². The van der Waals surface area contributed by atoms with E-state index in [0.717, 1.165) is 36.2 Å². The van der Waals surface area contributed by atoms with Gasteiger partial charge in [-0.15, -0.1) is 0 Å². The summed E-state index contributed by atoms with van der Waals surface area (Å²) < 4.78 is 7.19. The molecule has 33 heavy (non-hydrogen) atoms. The molecule has 2 N–H and O–H groups in total. The van der Waals surface area contributed by atoms with Crippen molar-refractivity contribution in [1.29, 1.82) is 0 Å². The quantitative estimate of drug-likeness (QED) is 0.510. The zero-order valence-electron chi connectivity index (χ0n) is 18.6. The van der Waals surface area contributed by atoms with Gasteiger partial charge in [0.05, 0.1) is 19.2 Å². The number of methoxy groups -OCH3 is 1. The molecular formula is C24H28N4O5. The summed E-state index contributed by atoms with van der Waals surface area (Å²) in [7, 11) is 1.57. The first kappa shape index (κ1) is 22.8. The summed E-state index contributed by atoms with van der Waals surface area (Å²) in [5.74, 6) is -1.19. The summed E-state index contributed by atoms with van der Waals surface area (Å²) in [5, 5.41) is 20.1. The van der Waals surface area contributed by atoms with E-state index >= 15 is 0 Å². The van der Waals surface area contributed by atoms with E-state index in [4.69, 9.17) is 9.84 Å². The van der Waals surface area contributed by atoms with E-state index in [9.17, 15) is 14.7 Å². The minimum Gasteiger partial charge on any atom is -0.497 e. The SMILES string of the molecule is COc1ccc2c(c1)c([C@H](C(=O)O)N1CCN(Cc3ccccn3)CC1)cn2CCC(=O)O. The zero-order valence-corrected chi connectivity index (χ0v) is 18.6. The second-order valence-corrected chi connectivity index (χ2v) is 8.18. The lowest BCUT2D eigenvalue weighted by molar-refractivity contribution is -0.144. The van der Waals surface area contributed by atoms with Crippen LogP contribution in [0.2, 0.25) is 0 Å². The van der Waals surface area contributed by atoms with Crippen molar-refractivity contribution >= 4 is 22.8 Å². The molecule has 3 aromatic rings. The van der Waals surface area contributed by atoms with E-state index in [1.54, 1.807) is 25.6 Å². The lowest BCUT2D eigenvalue weighted by Crippen LogP contribution is -2.48. The van der Waals surface area contributed by atoms with Crippen LogP contribution >= 0.6 is 0 Å². The number of ether oxygens (including phenoxy) is 1. The summed E-state index contributed by atoms with van der Waals surface area (Å²) in [4.78, 5) is 32.2. The highest BCUT2D eigenvalue weighted by Gasteiger charge is 2.33. The van der Waals surface area contributed by atoms with Crippen LogP contribution in [0.1, 0.15) is 23.7 Å². The second-order valence-electron chi connectivity index (χ2n) is 8.18. The van der Waals surface area contributed by atoms with Gasteiger partial charge >= 0.3 is 11.9 Å². The number of hydrogen-bond acceptors (Lipinski definition) is 6. The van der Waals surface area contributed by atoms with Gasteiger partial charge in [-0.25, -0.2) is 0 Å². The molecule has 1 aliphatic rings. The Balaban J connectivity index is 1.59. The molecule has 2 aromatic heterocycles. The highest BCUT2D eigenvalue weighted by Crippen LogP contribution is 2.34. The van der Waals surface area contributed by atoms with Crippen molar-refractivity contribution in [2.45, 2.75) is 25.6 Å². The van der Waals surface area contributed by atoms with Crippen molar-refractivity contribution in [2.75, 3.05) is 33.3 Å². The number of carboxylic acid groups (broad SMARTS) is 2. The second kappa shape index (κ2) is 10.0. The van der Waals surface area contributed by atoms with E-state index in [1.165, 1.54) is 0 Å². The van der Waals surface area contributed by atoms with Gasteiger partial charge in [-0.3, -0.25) is 24.4 Å². The van der Waals surface area contributed by atoms with Crippen LogP contribution in [0.25, 0.3) is 10.9 Å². The molecule has 1 fully saturated rings. The minimum absolute atomic E-state index is 0.0425. The van der Waals surface area contributed by atoms with Crippen LogP contribution in [-0.2, 0) is 22.7 Å². The standard InChI is InChI=1S/C24H28N4O5/c1-33-18-5-6-21-19(14-18)20(16-28(21)9-7-22(29)30)23(24(31)32)27-12-10-26(11-13-27)15-17-4-2-3-8-25-17/h2-6,8,14,16,23H,7,9-13,15H2,1H3,(H,29,30)(H,31,32)/t23-/m1/s1. The van der Waals surface area contributed by atoms with Gasteiger partial charge in [0, 0.05) is 68.1 Å². The Morgan fingerprint density at radius 1 is 1.12 bits per heavy atom. The molecule has 1 aliphatic heterocycles. The molecule has 0 aliphatic carbocycles. The van der Waals surface area contributed by atoms with Gasteiger partial charge in [-0.2, -0.15) is 0 Å². The molecule has 1 atom stereocenters. The summed E-state index contributed by atoms with van der Waals surface area (Å²) in [6.45, 7) is 3.69. The van der Waals surface area contributed by atoms with Crippen molar-refractivity contribution in [2.24, 2.45) is 0 Å². The molecule has 0 amide bonds. The number of piperazine rings is 1. The molecule has 1 aromatic carbocycles. The topological polar surface area (TPSA) is 108 Å². The number of aryl methyl sites for hydroxylation is 1. The molecule has 0 saturated carbocycles. The monoisotopic (exact) mass is 452 g/mol. The average Bonchev–Trinajstić information content (AvgIpc) is 3.16. The first-order valence-electron chi connectivity index (χ1n) is 10.9. The fraction of sp³-hybridized carbons (Fsp3) is 0.375. The first-order valence-corrected chi connectivity index (χ1v) is 10.9. The van der Waals surface area contributed by atoms with Gasteiger partial charge in [-0.1, -0.05) is 6.07 Å². The lowest BCUT2D eigenvalue weighted by atomic mass is 10.0. The third-order valence-electron chi connectivity index (χ3n) is 6.10. The Kier molecular flexibility index (Phi) is 6.90. The van der Waals surface area contributed by atoms with Gasteiger partial charge < -0.3 is 19.5 Å².